The van der Waals surface area contributed by atoms with Gasteiger partial charge in [-0.1, -0.05) is 25.1 Å². The van der Waals surface area contributed by atoms with E-state index in [2.05, 4.69) is 27.2 Å². The van der Waals surface area contributed by atoms with Crippen LogP contribution in [-0.2, 0) is 6.42 Å². The summed E-state index contributed by atoms with van der Waals surface area (Å²) in [5.41, 5.74) is 3.81. The standard InChI is InChI=1S/C15H14N4O/c1-2-10-5-3-4-6-12(10)19-15(20)11-7-13-14(16-8-11)18-9-17-13/h3-9H,2H2,1H3,(H,19,20)(H,16,17,18). The zero-order chi connectivity index (χ0) is 13.9. The zero-order valence-electron chi connectivity index (χ0n) is 11.1. The van der Waals surface area contributed by atoms with E-state index in [9.17, 15) is 4.79 Å². The van der Waals surface area contributed by atoms with Crippen LogP contribution in [0, 0.1) is 0 Å². The highest BCUT2D eigenvalue weighted by molar-refractivity contribution is 6.05. The number of aromatic nitrogens is 3. The lowest BCUT2D eigenvalue weighted by molar-refractivity contribution is 0.102. The molecule has 3 rings (SSSR count). The molecule has 1 amide bonds. The number of aryl methyl sites for hydroxylation is 1. The predicted octanol–water partition coefficient (Wildman–Crippen LogP) is 2.77. The van der Waals surface area contributed by atoms with E-state index >= 15 is 0 Å². The lowest BCUT2D eigenvalue weighted by Gasteiger charge is -2.09. The molecule has 1 aromatic carbocycles. The third-order valence-electron chi connectivity index (χ3n) is 3.18. The molecule has 0 aliphatic rings. The van der Waals surface area contributed by atoms with Crippen molar-refractivity contribution in [3.05, 3.63) is 54.0 Å². The number of rotatable bonds is 3. The fourth-order valence-electron chi connectivity index (χ4n) is 2.10. The highest BCUT2D eigenvalue weighted by Gasteiger charge is 2.10. The van der Waals surface area contributed by atoms with Crippen molar-refractivity contribution in [3.63, 3.8) is 0 Å². The molecule has 0 aliphatic heterocycles. The van der Waals surface area contributed by atoms with Crippen molar-refractivity contribution >= 4 is 22.8 Å². The third-order valence-corrected chi connectivity index (χ3v) is 3.18. The minimum absolute atomic E-state index is 0.171. The molecule has 0 unspecified atom stereocenters. The van der Waals surface area contributed by atoms with Gasteiger partial charge in [0.2, 0.25) is 0 Å². The number of fused-ring (bicyclic) bond motifs is 1. The Balaban J connectivity index is 1.88. The lowest BCUT2D eigenvalue weighted by atomic mass is 10.1. The van der Waals surface area contributed by atoms with E-state index in [1.807, 2.05) is 24.3 Å². The minimum atomic E-state index is -0.171. The molecule has 20 heavy (non-hydrogen) atoms. The Morgan fingerprint density at radius 2 is 2.15 bits per heavy atom. The number of hydrogen-bond acceptors (Lipinski definition) is 3. The van der Waals surface area contributed by atoms with Crippen LogP contribution >= 0.6 is 0 Å². The zero-order valence-corrected chi connectivity index (χ0v) is 11.1. The highest BCUT2D eigenvalue weighted by atomic mass is 16.1. The van der Waals surface area contributed by atoms with Gasteiger partial charge in [-0.3, -0.25) is 4.79 Å². The van der Waals surface area contributed by atoms with Crippen LogP contribution in [0.4, 0.5) is 5.69 Å². The Morgan fingerprint density at radius 1 is 1.30 bits per heavy atom. The number of H-pyrrole nitrogens is 1. The fourth-order valence-corrected chi connectivity index (χ4v) is 2.10. The Kier molecular flexibility index (Phi) is 3.16. The normalized spacial score (nSPS) is 10.7. The van der Waals surface area contributed by atoms with Gasteiger partial charge in [0.1, 0.15) is 0 Å². The van der Waals surface area contributed by atoms with Gasteiger partial charge < -0.3 is 10.3 Å². The van der Waals surface area contributed by atoms with Crippen LogP contribution in [0.15, 0.2) is 42.9 Å². The Labute approximate surface area is 116 Å². The van der Waals surface area contributed by atoms with Crippen LogP contribution in [0.1, 0.15) is 22.8 Å². The number of carbonyl (C=O) groups excluding carboxylic acids is 1. The first kappa shape index (κ1) is 12.3. The predicted molar refractivity (Wildman–Crippen MR) is 77.7 cm³/mol. The highest BCUT2D eigenvalue weighted by Crippen LogP contribution is 2.17. The number of hydrogen-bond donors (Lipinski definition) is 2. The number of imidazole rings is 1. The van der Waals surface area contributed by atoms with Gasteiger partial charge in [0.05, 0.1) is 17.4 Å². The van der Waals surface area contributed by atoms with E-state index in [-0.39, 0.29) is 5.91 Å². The molecular formula is C15H14N4O. The summed E-state index contributed by atoms with van der Waals surface area (Å²) in [6.07, 6.45) is 3.97. The lowest BCUT2D eigenvalue weighted by Crippen LogP contribution is -2.13. The van der Waals surface area contributed by atoms with Crippen LogP contribution in [0.3, 0.4) is 0 Å². The molecule has 0 aliphatic carbocycles. The van der Waals surface area contributed by atoms with Gasteiger partial charge in [-0.25, -0.2) is 9.97 Å². The average Bonchev–Trinajstić information content (AvgIpc) is 2.95. The van der Waals surface area contributed by atoms with Crippen LogP contribution in [0.25, 0.3) is 11.2 Å². The number of anilines is 1. The maximum atomic E-state index is 12.3. The first-order valence-electron chi connectivity index (χ1n) is 6.46. The molecule has 2 N–H and O–H groups in total. The van der Waals surface area contributed by atoms with Gasteiger partial charge in [-0.15, -0.1) is 0 Å². The van der Waals surface area contributed by atoms with Crippen molar-refractivity contribution in [2.75, 3.05) is 5.32 Å². The summed E-state index contributed by atoms with van der Waals surface area (Å²) in [7, 11) is 0. The molecule has 0 bridgehead atoms. The quantitative estimate of drug-likeness (QED) is 0.765. The number of nitrogens with zero attached hydrogens (tertiary/aromatic N) is 2. The molecule has 0 fully saturated rings. The Morgan fingerprint density at radius 3 is 3.00 bits per heavy atom. The molecule has 0 atom stereocenters. The number of para-hydroxylation sites is 1. The minimum Gasteiger partial charge on any atom is -0.343 e. The van der Waals surface area contributed by atoms with Crippen molar-refractivity contribution in [1.29, 1.82) is 0 Å². The molecule has 0 saturated heterocycles. The SMILES string of the molecule is CCc1ccccc1NC(=O)c1cnc2nc[nH]c2c1. The molecule has 5 heteroatoms. The summed E-state index contributed by atoms with van der Waals surface area (Å²) in [4.78, 5) is 23.4. The van der Waals surface area contributed by atoms with Gasteiger partial charge in [0.15, 0.2) is 5.65 Å². The number of amides is 1. The summed E-state index contributed by atoms with van der Waals surface area (Å²) in [6.45, 7) is 2.06. The maximum absolute atomic E-state index is 12.3. The van der Waals surface area contributed by atoms with E-state index in [1.165, 1.54) is 6.20 Å². The van der Waals surface area contributed by atoms with E-state index in [4.69, 9.17) is 0 Å². The van der Waals surface area contributed by atoms with E-state index in [1.54, 1.807) is 12.4 Å². The third kappa shape index (κ3) is 2.25. The van der Waals surface area contributed by atoms with Crippen molar-refractivity contribution < 1.29 is 4.79 Å². The number of nitrogens with one attached hydrogen (secondary N) is 2. The van der Waals surface area contributed by atoms with Crippen molar-refractivity contribution in [3.8, 4) is 0 Å². The fraction of sp³-hybridized carbons (Fsp3) is 0.133. The maximum Gasteiger partial charge on any atom is 0.257 e. The van der Waals surface area contributed by atoms with Gasteiger partial charge in [0, 0.05) is 11.9 Å². The van der Waals surface area contributed by atoms with Crippen molar-refractivity contribution in [1.82, 2.24) is 15.0 Å². The monoisotopic (exact) mass is 266 g/mol. The molecule has 100 valence electrons. The van der Waals surface area contributed by atoms with Crippen molar-refractivity contribution in [2.45, 2.75) is 13.3 Å². The molecule has 0 radical (unpaired) electrons. The summed E-state index contributed by atoms with van der Waals surface area (Å²) < 4.78 is 0. The topological polar surface area (TPSA) is 70.7 Å². The Hall–Kier alpha value is -2.69. The van der Waals surface area contributed by atoms with Crippen LogP contribution in [0.2, 0.25) is 0 Å². The first-order valence-corrected chi connectivity index (χ1v) is 6.46. The van der Waals surface area contributed by atoms with E-state index in [0.29, 0.717) is 11.2 Å². The molecule has 2 aromatic heterocycles. The molecule has 3 aromatic rings. The molecular weight excluding hydrogens is 252 g/mol. The summed E-state index contributed by atoms with van der Waals surface area (Å²) >= 11 is 0. The number of aromatic amines is 1. The molecule has 0 saturated carbocycles. The Bertz CT molecular complexity index is 763. The number of pyridine rings is 1. The van der Waals surface area contributed by atoms with Gasteiger partial charge >= 0.3 is 0 Å². The van der Waals surface area contributed by atoms with Crippen LogP contribution in [0.5, 0.6) is 0 Å². The van der Waals surface area contributed by atoms with Crippen molar-refractivity contribution in [2.24, 2.45) is 0 Å². The molecule has 2 heterocycles. The van der Waals surface area contributed by atoms with E-state index in [0.717, 1.165) is 23.2 Å². The van der Waals surface area contributed by atoms with Gasteiger partial charge in [0.25, 0.3) is 5.91 Å². The summed E-state index contributed by atoms with van der Waals surface area (Å²) in [5.74, 6) is -0.171. The first-order chi connectivity index (χ1) is 9.78. The summed E-state index contributed by atoms with van der Waals surface area (Å²) in [5, 5.41) is 2.92. The second kappa shape index (κ2) is 5.13. The average molecular weight is 266 g/mol. The number of benzene rings is 1. The number of carbonyl (C=O) groups is 1. The second-order valence-corrected chi connectivity index (χ2v) is 4.46. The van der Waals surface area contributed by atoms with Crippen LogP contribution < -0.4 is 5.32 Å². The van der Waals surface area contributed by atoms with Crippen LogP contribution in [-0.4, -0.2) is 20.9 Å². The largest absolute Gasteiger partial charge is 0.343 e. The van der Waals surface area contributed by atoms with Gasteiger partial charge in [-0.05, 0) is 24.1 Å². The summed E-state index contributed by atoms with van der Waals surface area (Å²) in [6, 6.07) is 9.53. The van der Waals surface area contributed by atoms with Gasteiger partial charge in [-0.2, -0.15) is 0 Å². The second-order valence-electron chi connectivity index (χ2n) is 4.46. The molecule has 0 spiro atoms. The molecule has 5 nitrogen and oxygen atoms in total. The van der Waals surface area contributed by atoms with E-state index < -0.39 is 0 Å². The smallest absolute Gasteiger partial charge is 0.257 e.